The Balaban J connectivity index is 2.82. The molecule has 0 saturated heterocycles. The van der Waals surface area contributed by atoms with Gasteiger partial charge in [-0.1, -0.05) is 0 Å². The van der Waals surface area contributed by atoms with E-state index in [4.69, 9.17) is 0 Å². The molecule has 2 aromatic rings. The van der Waals surface area contributed by atoms with E-state index in [1.807, 2.05) is 6.07 Å². The number of halogens is 1. The molecule has 0 bridgehead atoms. The van der Waals surface area contributed by atoms with E-state index in [0.29, 0.717) is 0 Å². The minimum absolute atomic E-state index is 0.806. The van der Waals surface area contributed by atoms with Gasteiger partial charge in [0.2, 0.25) is 0 Å². The highest BCUT2D eigenvalue weighted by atomic mass is 127. The molecule has 0 amide bonds. The van der Waals surface area contributed by atoms with Crippen LogP contribution in [0.15, 0.2) is 18.2 Å². The van der Waals surface area contributed by atoms with Crippen LogP contribution in [0.2, 0.25) is 0 Å². The maximum atomic E-state index is 10.6. The van der Waals surface area contributed by atoms with Crippen LogP contribution in [0, 0.1) is 10.5 Å². The molecule has 66 valence electrons. The summed E-state index contributed by atoms with van der Waals surface area (Å²) in [6.07, 6.45) is 0.914. The molecule has 3 heteroatoms. The third-order valence-corrected chi connectivity index (χ3v) is 3.74. The van der Waals surface area contributed by atoms with Gasteiger partial charge < -0.3 is 0 Å². The number of aldehydes is 1. The third-order valence-electron chi connectivity index (χ3n) is 1.90. The Hall–Kier alpha value is -0.420. The summed E-state index contributed by atoms with van der Waals surface area (Å²) in [7, 11) is 0. The topological polar surface area (TPSA) is 17.1 Å². The first-order valence-corrected chi connectivity index (χ1v) is 5.75. The maximum Gasteiger partial charge on any atom is 0.160 e. The van der Waals surface area contributed by atoms with Crippen molar-refractivity contribution in [1.82, 2.24) is 0 Å². The number of thiophene rings is 1. The second kappa shape index (κ2) is 3.38. The number of hydrogen-bond donors (Lipinski definition) is 0. The SMILES string of the molecule is Cc1cc(I)cc2cc(C=O)sc12. The van der Waals surface area contributed by atoms with Crippen molar-refractivity contribution in [3.05, 3.63) is 32.2 Å². The van der Waals surface area contributed by atoms with Gasteiger partial charge in [-0.25, -0.2) is 0 Å². The van der Waals surface area contributed by atoms with Crippen molar-refractivity contribution in [2.45, 2.75) is 6.92 Å². The van der Waals surface area contributed by atoms with Gasteiger partial charge in [0, 0.05) is 8.27 Å². The third kappa shape index (κ3) is 1.62. The second-order valence-electron chi connectivity index (χ2n) is 2.91. The Morgan fingerprint density at radius 2 is 2.15 bits per heavy atom. The average molecular weight is 302 g/mol. The molecule has 0 unspecified atom stereocenters. The number of carbonyl (C=O) groups is 1. The van der Waals surface area contributed by atoms with Crippen LogP contribution < -0.4 is 0 Å². The summed E-state index contributed by atoms with van der Waals surface area (Å²) in [6.45, 7) is 2.08. The van der Waals surface area contributed by atoms with Gasteiger partial charge in [0.05, 0.1) is 4.88 Å². The first kappa shape index (κ1) is 9.15. The lowest BCUT2D eigenvalue weighted by atomic mass is 10.2. The summed E-state index contributed by atoms with van der Waals surface area (Å²) in [5.74, 6) is 0. The molecule has 1 aromatic heterocycles. The minimum Gasteiger partial charge on any atom is -0.297 e. The summed E-state index contributed by atoms with van der Waals surface area (Å²) in [6, 6.07) is 6.18. The molecule has 0 fully saturated rings. The molecule has 0 spiro atoms. The van der Waals surface area contributed by atoms with Crippen LogP contribution in [-0.2, 0) is 0 Å². The molecule has 1 aromatic carbocycles. The number of benzene rings is 1. The van der Waals surface area contributed by atoms with Crippen LogP contribution in [0.1, 0.15) is 15.2 Å². The van der Waals surface area contributed by atoms with Crippen LogP contribution in [0.5, 0.6) is 0 Å². The van der Waals surface area contributed by atoms with Gasteiger partial charge in [-0.2, -0.15) is 0 Å². The van der Waals surface area contributed by atoms with E-state index < -0.39 is 0 Å². The number of hydrogen-bond acceptors (Lipinski definition) is 2. The van der Waals surface area contributed by atoms with Crippen LogP contribution in [0.4, 0.5) is 0 Å². The molecule has 2 rings (SSSR count). The van der Waals surface area contributed by atoms with Crippen LogP contribution in [0.25, 0.3) is 10.1 Å². The number of rotatable bonds is 1. The fraction of sp³-hybridized carbons (Fsp3) is 0.100. The predicted octanol–water partition coefficient (Wildman–Crippen LogP) is 3.63. The van der Waals surface area contributed by atoms with Crippen molar-refractivity contribution < 1.29 is 4.79 Å². The van der Waals surface area contributed by atoms with Gasteiger partial charge in [-0.3, -0.25) is 4.79 Å². The molecule has 0 aliphatic heterocycles. The van der Waals surface area contributed by atoms with Crippen LogP contribution in [-0.4, -0.2) is 6.29 Å². The molecule has 0 aliphatic rings. The fourth-order valence-electron chi connectivity index (χ4n) is 1.36. The van der Waals surface area contributed by atoms with Crippen LogP contribution in [0.3, 0.4) is 0 Å². The van der Waals surface area contributed by atoms with Crippen molar-refractivity contribution >= 4 is 50.3 Å². The lowest BCUT2D eigenvalue weighted by Gasteiger charge is -1.95. The van der Waals surface area contributed by atoms with Gasteiger partial charge in [-0.05, 0) is 58.7 Å². The number of fused-ring (bicyclic) bond motifs is 1. The Bertz CT molecular complexity index is 473. The number of carbonyl (C=O) groups excluding carboxylic acids is 1. The summed E-state index contributed by atoms with van der Waals surface area (Å²) < 4.78 is 2.44. The normalized spacial score (nSPS) is 10.6. The molecule has 1 heterocycles. The van der Waals surface area contributed by atoms with Crippen molar-refractivity contribution in [2.75, 3.05) is 0 Å². The van der Waals surface area contributed by atoms with E-state index in [-0.39, 0.29) is 0 Å². The molecule has 1 nitrogen and oxygen atoms in total. The Morgan fingerprint density at radius 3 is 2.85 bits per heavy atom. The Kier molecular flexibility index (Phi) is 2.38. The lowest BCUT2D eigenvalue weighted by Crippen LogP contribution is -1.74. The zero-order valence-corrected chi connectivity index (χ0v) is 9.98. The van der Waals surface area contributed by atoms with E-state index in [1.54, 1.807) is 11.3 Å². The summed E-state index contributed by atoms with van der Waals surface area (Å²) in [4.78, 5) is 11.4. The summed E-state index contributed by atoms with van der Waals surface area (Å²) in [5.41, 5.74) is 1.25. The van der Waals surface area contributed by atoms with Gasteiger partial charge in [0.15, 0.2) is 6.29 Å². The molecule has 0 saturated carbocycles. The highest BCUT2D eigenvalue weighted by Gasteiger charge is 2.04. The van der Waals surface area contributed by atoms with Crippen molar-refractivity contribution in [2.24, 2.45) is 0 Å². The Morgan fingerprint density at radius 1 is 1.38 bits per heavy atom. The first-order chi connectivity index (χ1) is 6.20. The van der Waals surface area contributed by atoms with Crippen molar-refractivity contribution in [3.8, 4) is 0 Å². The fourth-order valence-corrected chi connectivity index (χ4v) is 3.09. The average Bonchev–Trinajstić information content (AvgIpc) is 2.47. The highest BCUT2D eigenvalue weighted by Crippen LogP contribution is 2.29. The van der Waals surface area contributed by atoms with E-state index in [0.717, 1.165) is 11.2 Å². The Labute approximate surface area is 93.9 Å². The van der Waals surface area contributed by atoms with Gasteiger partial charge in [-0.15, -0.1) is 11.3 Å². The van der Waals surface area contributed by atoms with Gasteiger partial charge in [0.25, 0.3) is 0 Å². The zero-order chi connectivity index (χ0) is 9.42. The monoisotopic (exact) mass is 302 g/mol. The predicted molar refractivity (Wildman–Crippen MR) is 64.7 cm³/mol. The molecule has 13 heavy (non-hydrogen) atoms. The molecule has 0 aliphatic carbocycles. The second-order valence-corrected chi connectivity index (χ2v) is 5.24. The van der Waals surface area contributed by atoms with Gasteiger partial charge >= 0.3 is 0 Å². The molecule has 0 N–H and O–H groups in total. The lowest BCUT2D eigenvalue weighted by molar-refractivity contribution is 0.112. The van der Waals surface area contributed by atoms with Crippen molar-refractivity contribution in [1.29, 1.82) is 0 Å². The zero-order valence-electron chi connectivity index (χ0n) is 7.00. The van der Waals surface area contributed by atoms with Crippen molar-refractivity contribution in [3.63, 3.8) is 0 Å². The van der Waals surface area contributed by atoms with E-state index in [9.17, 15) is 4.79 Å². The van der Waals surface area contributed by atoms with E-state index >= 15 is 0 Å². The van der Waals surface area contributed by atoms with Gasteiger partial charge in [0.1, 0.15) is 0 Å². The molecule has 0 radical (unpaired) electrons. The standard InChI is InChI=1S/C10H7IOS/c1-6-2-8(11)3-7-4-9(5-12)13-10(6)7/h2-5H,1H3. The minimum atomic E-state index is 0.806. The molecular formula is C10H7IOS. The smallest absolute Gasteiger partial charge is 0.160 e. The quantitative estimate of drug-likeness (QED) is 0.581. The molecular weight excluding hydrogens is 295 g/mol. The van der Waals surface area contributed by atoms with Crippen LogP contribution >= 0.6 is 33.9 Å². The van der Waals surface area contributed by atoms with E-state index in [2.05, 4.69) is 41.6 Å². The summed E-state index contributed by atoms with van der Waals surface area (Å²) in [5, 5.41) is 1.18. The first-order valence-electron chi connectivity index (χ1n) is 3.85. The van der Waals surface area contributed by atoms with E-state index in [1.165, 1.54) is 19.2 Å². The largest absolute Gasteiger partial charge is 0.297 e. The highest BCUT2D eigenvalue weighted by molar-refractivity contribution is 14.1. The summed E-state index contributed by atoms with van der Waals surface area (Å²) >= 11 is 3.85. The molecule has 0 atom stereocenters. The maximum absolute atomic E-state index is 10.6. The number of aryl methyl sites for hydroxylation is 1.